The van der Waals surface area contributed by atoms with Crippen LogP contribution in [0.15, 0.2) is 42.2 Å². The van der Waals surface area contributed by atoms with Gasteiger partial charge in [0.25, 0.3) is 0 Å². The molecule has 0 spiro atoms. The summed E-state index contributed by atoms with van der Waals surface area (Å²) in [5.74, 6) is 0.00982. The standard InChI is InChI=1S/C20H22N2O4/c1-11-18-14-7-17(25-11)26-19(18)22(10-15(14)20(23)24-2)9-12-8-21-16-6-4-3-5-13(12)16/h3-6,8,10-11,14,17-19,21H,7,9H2,1-2H3/t11-,14+,17+,18+,19+/m1/s1. The summed E-state index contributed by atoms with van der Waals surface area (Å²) in [6.07, 6.45) is 4.40. The van der Waals surface area contributed by atoms with Crippen molar-refractivity contribution in [1.82, 2.24) is 9.88 Å². The second kappa shape index (κ2) is 5.86. The second-order valence-electron chi connectivity index (χ2n) is 7.32. The number of para-hydroxylation sites is 1. The van der Waals surface area contributed by atoms with Crippen molar-refractivity contribution in [3.8, 4) is 0 Å². The maximum absolute atomic E-state index is 12.4. The molecule has 6 heteroatoms. The molecular weight excluding hydrogens is 332 g/mol. The summed E-state index contributed by atoms with van der Waals surface area (Å²) < 4.78 is 17.1. The summed E-state index contributed by atoms with van der Waals surface area (Å²) in [5, 5.41) is 1.19. The molecule has 3 saturated heterocycles. The van der Waals surface area contributed by atoms with E-state index in [0.29, 0.717) is 13.0 Å². The highest BCUT2D eigenvalue weighted by Crippen LogP contribution is 2.48. The zero-order valence-corrected chi connectivity index (χ0v) is 14.8. The molecule has 1 N–H and O–H groups in total. The lowest BCUT2D eigenvalue weighted by atomic mass is 9.73. The first-order valence-electron chi connectivity index (χ1n) is 9.07. The van der Waals surface area contributed by atoms with E-state index in [9.17, 15) is 4.79 Å². The van der Waals surface area contributed by atoms with Gasteiger partial charge in [-0.05, 0) is 18.6 Å². The Bertz CT molecular complexity index is 889. The SMILES string of the molecule is COC(=O)C1=CN(Cc2c[nH]c3ccccc23)[C@H]2O[C@H]3C[C@@H]1[C@@H]2[C@@H](C)O3. The van der Waals surface area contributed by atoms with Gasteiger partial charge in [-0.3, -0.25) is 0 Å². The molecule has 6 rings (SSSR count). The molecule has 4 aliphatic heterocycles. The predicted octanol–water partition coefficient (Wildman–Crippen LogP) is 2.76. The van der Waals surface area contributed by atoms with Crippen LogP contribution in [0.25, 0.3) is 10.9 Å². The first kappa shape index (κ1) is 15.9. The number of rotatable bonds is 3. The van der Waals surface area contributed by atoms with Gasteiger partial charge in [0.1, 0.15) is 6.23 Å². The number of methoxy groups -OCH3 is 1. The quantitative estimate of drug-likeness (QED) is 0.859. The molecule has 4 aliphatic rings. The molecule has 5 atom stereocenters. The Balaban J connectivity index is 1.54. The lowest BCUT2D eigenvalue weighted by Crippen LogP contribution is -2.62. The molecule has 136 valence electrons. The predicted molar refractivity (Wildman–Crippen MR) is 94.7 cm³/mol. The number of aromatic amines is 1. The van der Waals surface area contributed by atoms with E-state index in [1.165, 1.54) is 18.1 Å². The largest absolute Gasteiger partial charge is 0.466 e. The van der Waals surface area contributed by atoms with E-state index < -0.39 is 0 Å². The van der Waals surface area contributed by atoms with Crippen LogP contribution >= 0.6 is 0 Å². The van der Waals surface area contributed by atoms with Gasteiger partial charge in [-0.25, -0.2) is 4.79 Å². The van der Waals surface area contributed by atoms with Crippen molar-refractivity contribution in [2.45, 2.75) is 38.5 Å². The normalized spacial score (nSPS) is 32.6. The van der Waals surface area contributed by atoms with Gasteiger partial charge in [0.2, 0.25) is 0 Å². The number of fused-ring (bicyclic) bond motifs is 2. The number of aromatic nitrogens is 1. The van der Waals surface area contributed by atoms with E-state index >= 15 is 0 Å². The third-order valence-corrected chi connectivity index (χ3v) is 5.92. The van der Waals surface area contributed by atoms with E-state index in [-0.39, 0.29) is 36.4 Å². The Morgan fingerprint density at radius 2 is 2.19 bits per heavy atom. The zero-order chi connectivity index (χ0) is 17.8. The average molecular weight is 354 g/mol. The molecular formula is C20H22N2O4. The highest BCUT2D eigenvalue weighted by molar-refractivity contribution is 5.89. The molecule has 0 amide bonds. The van der Waals surface area contributed by atoms with Gasteiger partial charge in [-0.15, -0.1) is 0 Å². The van der Waals surface area contributed by atoms with Crippen molar-refractivity contribution in [3.05, 3.63) is 47.8 Å². The minimum Gasteiger partial charge on any atom is -0.466 e. The maximum atomic E-state index is 12.4. The van der Waals surface area contributed by atoms with Crippen molar-refractivity contribution < 1.29 is 19.0 Å². The number of benzene rings is 1. The lowest BCUT2D eigenvalue weighted by molar-refractivity contribution is -0.339. The fourth-order valence-electron chi connectivity index (χ4n) is 4.74. The van der Waals surface area contributed by atoms with Crippen LogP contribution in [0.5, 0.6) is 0 Å². The van der Waals surface area contributed by atoms with Crippen LogP contribution in [0.4, 0.5) is 0 Å². The van der Waals surface area contributed by atoms with E-state index in [1.54, 1.807) is 0 Å². The van der Waals surface area contributed by atoms with Crippen molar-refractivity contribution in [3.63, 3.8) is 0 Å². The fourth-order valence-corrected chi connectivity index (χ4v) is 4.74. The Morgan fingerprint density at radius 1 is 1.35 bits per heavy atom. The van der Waals surface area contributed by atoms with Crippen molar-refractivity contribution in [2.24, 2.45) is 11.8 Å². The average Bonchev–Trinajstić information content (AvgIpc) is 3.06. The topological polar surface area (TPSA) is 63.8 Å². The van der Waals surface area contributed by atoms with Crippen LogP contribution in [0, 0.1) is 11.8 Å². The van der Waals surface area contributed by atoms with Crippen LogP contribution in [0.2, 0.25) is 0 Å². The number of nitrogens with zero attached hydrogens (tertiary/aromatic N) is 1. The highest BCUT2D eigenvalue weighted by Gasteiger charge is 2.54. The van der Waals surface area contributed by atoms with Crippen LogP contribution in [0.1, 0.15) is 18.9 Å². The number of hydrogen-bond donors (Lipinski definition) is 1. The van der Waals surface area contributed by atoms with Crippen LogP contribution in [-0.4, -0.2) is 41.6 Å². The lowest BCUT2D eigenvalue weighted by Gasteiger charge is -2.56. The molecule has 1 aromatic heterocycles. The number of nitrogens with one attached hydrogen (secondary N) is 1. The van der Waals surface area contributed by atoms with Crippen LogP contribution < -0.4 is 0 Å². The molecule has 0 aliphatic carbocycles. The summed E-state index contributed by atoms with van der Waals surface area (Å²) in [5.41, 5.74) is 3.02. The third kappa shape index (κ3) is 2.29. The van der Waals surface area contributed by atoms with E-state index in [0.717, 1.165) is 11.1 Å². The first-order valence-corrected chi connectivity index (χ1v) is 9.07. The molecule has 5 heterocycles. The zero-order valence-electron chi connectivity index (χ0n) is 14.8. The molecule has 4 bridgehead atoms. The van der Waals surface area contributed by atoms with Gasteiger partial charge in [0.05, 0.1) is 18.8 Å². The maximum Gasteiger partial charge on any atom is 0.335 e. The molecule has 6 nitrogen and oxygen atoms in total. The number of esters is 1. The number of hydrogen-bond acceptors (Lipinski definition) is 5. The highest BCUT2D eigenvalue weighted by atomic mass is 16.7. The third-order valence-electron chi connectivity index (χ3n) is 5.92. The van der Waals surface area contributed by atoms with Gasteiger partial charge < -0.3 is 24.1 Å². The monoisotopic (exact) mass is 354 g/mol. The molecule has 2 aromatic rings. The number of carbonyl (C=O) groups excluding carboxylic acids is 1. The van der Waals surface area contributed by atoms with E-state index in [1.807, 2.05) is 24.5 Å². The molecule has 3 fully saturated rings. The fraction of sp³-hybridized carbons (Fsp3) is 0.450. The van der Waals surface area contributed by atoms with Gasteiger partial charge in [0, 0.05) is 48.1 Å². The number of carbonyl (C=O) groups is 1. The Kier molecular flexibility index (Phi) is 3.58. The van der Waals surface area contributed by atoms with E-state index in [2.05, 4.69) is 28.9 Å². The van der Waals surface area contributed by atoms with Gasteiger partial charge >= 0.3 is 5.97 Å². The number of ether oxygens (including phenoxy) is 3. The summed E-state index contributed by atoms with van der Waals surface area (Å²) in [4.78, 5) is 17.9. The van der Waals surface area contributed by atoms with Gasteiger partial charge in [-0.1, -0.05) is 18.2 Å². The Morgan fingerprint density at radius 3 is 3.00 bits per heavy atom. The van der Waals surface area contributed by atoms with Crippen LogP contribution in [0.3, 0.4) is 0 Å². The first-order chi connectivity index (χ1) is 12.7. The Labute approximate surface area is 151 Å². The Hall–Kier alpha value is -2.31. The number of H-pyrrole nitrogens is 1. The molecule has 0 unspecified atom stereocenters. The summed E-state index contributed by atoms with van der Waals surface area (Å²) in [6, 6.07) is 8.23. The second-order valence-corrected chi connectivity index (χ2v) is 7.32. The van der Waals surface area contributed by atoms with Crippen molar-refractivity contribution in [2.75, 3.05) is 7.11 Å². The molecule has 0 saturated carbocycles. The van der Waals surface area contributed by atoms with Gasteiger partial charge in [-0.2, -0.15) is 0 Å². The minimum atomic E-state index is -0.260. The minimum absolute atomic E-state index is 0.0522. The molecule has 0 radical (unpaired) electrons. The molecule has 26 heavy (non-hydrogen) atoms. The van der Waals surface area contributed by atoms with Crippen molar-refractivity contribution >= 4 is 16.9 Å². The van der Waals surface area contributed by atoms with Crippen molar-refractivity contribution in [1.29, 1.82) is 0 Å². The molecule has 1 aromatic carbocycles. The van der Waals surface area contributed by atoms with Gasteiger partial charge in [0.15, 0.2) is 6.29 Å². The van der Waals surface area contributed by atoms with E-state index in [4.69, 9.17) is 14.2 Å². The van der Waals surface area contributed by atoms with Crippen LogP contribution in [-0.2, 0) is 25.5 Å². The smallest absolute Gasteiger partial charge is 0.335 e. The summed E-state index contributed by atoms with van der Waals surface area (Å²) in [7, 11) is 1.44. The summed E-state index contributed by atoms with van der Waals surface area (Å²) in [6.45, 7) is 2.74. The summed E-state index contributed by atoms with van der Waals surface area (Å²) >= 11 is 0.